The number of aryl methyl sites for hydroxylation is 1. The van der Waals surface area contributed by atoms with E-state index in [2.05, 4.69) is 27.2 Å². The van der Waals surface area contributed by atoms with Gasteiger partial charge in [-0.25, -0.2) is 0 Å². The topological polar surface area (TPSA) is 93.4 Å². The van der Waals surface area contributed by atoms with Gasteiger partial charge in [0, 0.05) is 30.9 Å². The lowest BCUT2D eigenvalue weighted by Gasteiger charge is -2.04. The molecule has 1 saturated carbocycles. The summed E-state index contributed by atoms with van der Waals surface area (Å²) in [6, 6.07) is 10.2. The summed E-state index contributed by atoms with van der Waals surface area (Å²) in [6.07, 6.45) is 6.31. The van der Waals surface area contributed by atoms with Crippen LogP contribution in [-0.2, 0) is 7.05 Å². The summed E-state index contributed by atoms with van der Waals surface area (Å²) in [5, 5.41) is 13.1. The monoisotopic (exact) mass is 316 g/mol. The number of rotatable bonds is 3. The Morgan fingerprint density at radius 1 is 1.12 bits per heavy atom. The van der Waals surface area contributed by atoms with Crippen LogP contribution in [0, 0.1) is 17.2 Å². The lowest BCUT2D eigenvalue weighted by molar-refractivity contribution is 0.779. The van der Waals surface area contributed by atoms with Crippen molar-refractivity contribution in [2.24, 2.45) is 13.0 Å². The van der Waals surface area contributed by atoms with Gasteiger partial charge in [-0.05, 0) is 30.2 Å². The number of hydrogen-bond donors (Lipinski definition) is 1. The third kappa shape index (κ3) is 2.40. The molecular formula is C18H16N6. The van der Waals surface area contributed by atoms with Crippen molar-refractivity contribution >= 4 is 5.82 Å². The summed E-state index contributed by atoms with van der Waals surface area (Å²) in [4.78, 5) is 8.99. The van der Waals surface area contributed by atoms with Gasteiger partial charge in [-0.15, -0.1) is 0 Å². The normalized spacial score (nSPS) is 19.0. The molecule has 6 heteroatoms. The number of anilines is 1. The molecule has 118 valence electrons. The molecule has 3 aromatic heterocycles. The highest BCUT2D eigenvalue weighted by Crippen LogP contribution is 2.46. The standard InChI is InChI=1S/C18H16N6/c1-24-18(20)15(10-23-24)17-5-3-12(9-22-17)16-4-2-11(8-21-16)14-6-13(14)7-19/h2-5,8-10,13-14H,6,20H2,1H3. The molecule has 3 aromatic rings. The van der Waals surface area contributed by atoms with Crippen LogP contribution in [0.15, 0.2) is 42.9 Å². The maximum absolute atomic E-state index is 8.92. The highest BCUT2D eigenvalue weighted by atomic mass is 15.3. The summed E-state index contributed by atoms with van der Waals surface area (Å²) >= 11 is 0. The van der Waals surface area contributed by atoms with Crippen molar-refractivity contribution < 1.29 is 0 Å². The molecule has 0 aromatic carbocycles. The van der Waals surface area contributed by atoms with E-state index < -0.39 is 0 Å². The second-order valence-corrected chi connectivity index (χ2v) is 6.05. The predicted octanol–water partition coefficient (Wildman–Crippen LogP) is 2.75. The minimum Gasteiger partial charge on any atom is -0.383 e. The van der Waals surface area contributed by atoms with Crippen LogP contribution in [0.1, 0.15) is 17.9 Å². The SMILES string of the molecule is Cn1ncc(-c2ccc(-c3ccc(C4CC4C#N)cn3)cn2)c1N. The Labute approximate surface area is 139 Å². The van der Waals surface area contributed by atoms with Crippen LogP contribution in [0.4, 0.5) is 5.82 Å². The molecule has 1 aliphatic rings. The van der Waals surface area contributed by atoms with Gasteiger partial charge in [0.05, 0.1) is 35.1 Å². The second kappa shape index (κ2) is 5.46. The van der Waals surface area contributed by atoms with E-state index in [0.29, 0.717) is 11.7 Å². The molecular weight excluding hydrogens is 300 g/mol. The van der Waals surface area contributed by atoms with Gasteiger partial charge < -0.3 is 5.73 Å². The van der Waals surface area contributed by atoms with Crippen LogP contribution in [0.5, 0.6) is 0 Å². The van der Waals surface area contributed by atoms with Crippen molar-refractivity contribution in [1.29, 1.82) is 5.26 Å². The Morgan fingerprint density at radius 3 is 2.46 bits per heavy atom. The lowest BCUT2D eigenvalue weighted by Crippen LogP contribution is -1.98. The van der Waals surface area contributed by atoms with Crippen molar-refractivity contribution in [2.45, 2.75) is 12.3 Å². The molecule has 24 heavy (non-hydrogen) atoms. The zero-order valence-corrected chi connectivity index (χ0v) is 13.2. The fourth-order valence-corrected chi connectivity index (χ4v) is 2.85. The molecule has 3 heterocycles. The molecule has 0 spiro atoms. The number of pyridine rings is 2. The predicted molar refractivity (Wildman–Crippen MR) is 90.5 cm³/mol. The summed E-state index contributed by atoms with van der Waals surface area (Å²) in [6.45, 7) is 0. The average Bonchev–Trinajstić information content (AvgIpc) is 3.35. The maximum Gasteiger partial charge on any atom is 0.130 e. The molecule has 6 nitrogen and oxygen atoms in total. The zero-order valence-electron chi connectivity index (χ0n) is 13.2. The minimum atomic E-state index is 0.156. The van der Waals surface area contributed by atoms with Crippen molar-refractivity contribution in [2.75, 3.05) is 5.73 Å². The fourth-order valence-electron chi connectivity index (χ4n) is 2.85. The van der Waals surface area contributed by atoms with Gasteiger partial charge in [-0.1, -0.05) is 6.07 Å². The highest BCUT2D eigenvalue weighted by Gasteiger charge is 2.38. The molecule has 2 atom stereocenters. The van der Waals surface area contributed by atoms with Crippen LogP contribution in [0.2, 0.25) is 0 Å². The first-order valence-electron chi connectivity index (χ1n) is 7.77. The summed E-state index contributed by atoms with van der Waals surface area (Å²) < 4.78 is 1.62. The van der Waals surface area contributed by atoms with E-state index in [1.54, 1.807) is 24.1 Å². The summed E-state index contributed by atoms with van der Waals surface area (Å²) in [7, 11) is 1.80. The lowest BCUT2D eigenvalue weighted by atomic mass is 10.1. The smallest absolute Gasteiger partial charge is 0.130 e. The van der Waals surface area contributed by atoms with Gasteiger partial charge in [-0.3, -0.25) is 14.6 Å². The molecule has 4 rings (SSSR count). The van der Waals surface area contributed by atoms with E-state index in [-0.39, 0.29) is 5.92 Å². The highest BCUT2D eigenvalue weighted by molar-refractivity contribution is 5.72. The summed E-state index contributed by atoms with van der Waals surface area (Å²) in [5.41, 5.74) is 10.5. The molecule has 0 bridgehead atoms. The largest absolute Gasteiger partial charge is 0.383 e. The van der Waals surface area contributed by atoms with E-state index in [0.717, 1.165) is 34.5 Å². The molecule has 0 radical (unpaired) electrons. The number of nitrogen functional groups attached to an aromatic ring is 1. The first kappa shape index (κ1) is 14.4. The number of nitriles is 1. The van der Waals surface area contributed by atoms with Crippen LogP contribution in [0.25, 0.3) is 22.5 Å². The van der Waals surface area contributed by atoms with Gasteiger partial charge in [-0.2, -0.15) is 10.4 Å². The van der Waals surface area contributed by atoms with E-state index in [1.807, 2.05) is 24.4 Å². The van der Waals surface area contributed by atoms with Crippen LogP contribution >= 0.6 is 0 Å². The van der Waals surface area contributed by atoms with E-state index in [9.17, 15) is 0 Å². The van der Waals surface area contributed by atoms with Gasteiger partial charge in [0.1, 0.15) is 5.82 Å². The van der Waals surface area contributed by atoms with Crippen LogP contribution in [0.3, 0.4) is 0 Å². The minimum absolute atomic E-state index is 0.156. The molecule has 2 unspecified atom stereocenters. The first-order valence-corrected chi connectivity index (χ1v) is 7.77. The maximum atomic E-state index is 8.92. The first-order chi connectivity index (χ1) is 11.7. The van der Waals surface area contributed by atoms with Crippen molar-refractivity contribution in [3.63, 3.8) is 0 Å². The Bertz CT molecular complexity index is 918. The third-order valence-electron chi connectivity index (χ3n) is 4.49. The molecule has 0 saturated heterocycles. The molecule has 0 amide bonds. The average molecular weight is 316 g/mol. The van der Waals surface area contributed by atoms with E-state index in [4.69, 9.17) is 11.0 Å². The van der Waals surface area contributed by atoms with Crippen molar-refractivity contribution in [3.8, 4) is 28.6 Å². The van der Waals surface area contributed by atoms with Gasteiger partial charge >= 0.3 is 0 Å². The number of nitrogens with zero attached hydrogens (tertiary/aromatic N) is 5. The van der Waals surface area contributed by atoms with E-state index >= 15 is 0 Å². The Morgan fingerprint density at radius 2 is 1.92 bits per heavy atom. The Kier molecular flexibility index (Phi) is 3.28. The Balaban J connectivity index is 1.57. The third-order valence-corrected chi connectivity index (χ3v) is 4.49. The van der Waals surface area contributed by atoms with Crippen LogP contribution in [-0.4, -0.2) is 19.7 Å². The molecule has 1 aliphatic carbocycles. The second-order valence-electron chi connectivity index (χ2n) is 6.05. The molecule has 1 fully saturated rings. The summed E-state index contributed by atoms with van der Waals surface area (Å²) in [5.74, 6) is 1.10. The number of nitrogens with two attached hydrogens (primary N) is 1. The van der Waals surface area contributed by atoms with Crippen molar-refractivity contribution in [1.82, 2.24) is 19.7 Å². The zero-order chi connectivity index (χ0) is 16.7. The van der Waals surface area contributed by atoms with Gasteiger partial charge in [0.2, 0.25) is 0 Å². The number of aromatic nitrogens is 4. The quantitative estimate of drug-likeness (QED) is 0.802. The van der Waals surface area contributed by atoms with E-state index in [1.165, 1.54) is 0 Å². The van der Waals surface area contributed by atoms with Gasteiger partial charge in [0.25, 0.3) is 0 Å². The molecule has 0 aliphatic heterocycles. The fraction of sp³-hybridized carbons (Fsp3) is 0.222. The van der Waals surface area contributed by atoms with Crippen LogP contribution < -0.4 is 5.73 Å². The Hall–Kier alpha value is -3.20. The number of hydrogen-bond acceptors (Lipinski definition) is 5. The molecule has 2 N–H and O–H groups in total. The van der Waals surface area contributed by atoms with Crippen molar-refractivity contribution in [3.05, 3.63) is 48.4 Å². The van der Waals surface area contributed by atoms with Gasteiger partial charge in [0.15, 0.2) is 0 Å².